The average Bonchev–Trinajstić information content (AvgIpc) is 2.89. The number of carbonyl (C=O) groups is 2. The van der Waals surface area contributed by atoms with E-state index in [9.17, 15) is 22.6 Å². The summed E-state index contributed by atoms with van der Waals surface area (Å²) in [5, 5.41) is 0. The van der Waals surface area contributed by atoms with Crippen molar-refractivity contribution >= 4 is 22.1 Å². The molecule has 0 N–H and O–H groups in total. The summed E-state index contributed by atoms with van der Waals surface area (Å²) < 4.78 is 45.9. The number of carbonyl (C=O) groups excluding carboxylic acids is 2. The van der Waals surface area contributed by atoms with E-state index in [4.69, 9.17) is 9.47 Å². The summed E-state index contributed by atoms with van der Waals surface area (Å²) in [5.41, 5.74) is -0.817. The Bertz CT molecular complexity index is 960. The van der Waals surface area contributed by atoms with Crippen LogP contribution in [0.25, 0.3) is 0 Å². The fourth-order valence-corrected chi connectivity index (χ4v) is 4.84. The molecule has 0 saturated carbocycles. The molecule has 0 atom stereocenters. The third-order valence-corrected chi connectivity index (χ3v) is 7.17. The fourth-order valence-electron chi connectivity index (χ4n) is 4.15. The molecule has 0 unspecified atom stereocenters. The standard InChI is InChI=1S/C30H46O7S.Na/c1-3-5-7-9-11-13-15-17-19-24-36-29(31)26-22-21-23-27(38(33,34)35)28(26)30(32)37-25-20-18-16-14-12-10-8-6-4-2;/h3-4,21-23H,1-2,5-20,24-25H2,(H,33,34,35);/q;+1/p-1. The summed E-state index contributed by atoms with van der Waals surface area (Å²) in [7, 11) is -5.00. The Balaban J connectivity index is 0.0000144. The first-order valence-electron chi connectivity index (χ1n) is 14.0. The second kappa shape index (κ2) is 23.3. The zero-order valence-electron chi connectivity index (χ0n) is 23.8. The molecule has 9 heteroatoms. The van der Waals surface area contributed by atoms with Crippen molar-refractivity contribution in [3.63, 3.8) is 0 Å². The summed E-state index contributed by atoms with van der Waals surface area (Å²) in [6.07, 6.45) is 20.1. The van der Waals surface area contributed by atoms with Crippen molar-refractivity contribution in [2.45, 2.75) is 108 Å². The number of rotatable bonds is 23. The van der Waals surface area contributed by atoms with Crippen LogP contribution in [0.15, 0.2) is 48.4 Å². The minimum atomic E-state index is -5.00. The summed E-state index contributed by atoms with van der Waals surface area (Å²) in [5.74, 6) is -1.85. The Morgan fingerprint density at radius 1 is 0.692 bits per heavy atom. The number of ether oxygens (including phenoxy) is 2. The SMILES string of the molecule is C=CCCCCCCCCCOC(=O)c1cccc(S(=O)(=O)[O-])c1C(=O)OCCCCCCCCCC=C.[Na+]. The molecule has 0 bridgehead atoms. The van der Waals surface area contributed by atoms with E-state index in [1.807, 2.05) is 12.2 Å². The molecule has 0 fully saturated rings. The molecule has 7 nitrogen and oxygen atoms in total. The fraction of sp³-hybridized carbons (Fsp3) is 0.600. The third kappa shape index (κ3) is 17.1. The Morgan fingerprint density at radius 3 is 1.54 bits per heavy atom. The van der Waals surface area contributed by atoms with Crippen LogP contribution in [0.2, 0.25) is 0 Å². The molecule has 0 aliphatic rings. The van der Waals surface area contributed by atoms with Gasteiger partial charge in [0.05, 0.1) is 29.2 Å². The molecule has 214 valence electrons. The van der Waals surface area contributed by atoms with Crippen LogP contribution in [-0.2, 0) is 19.6 Å². The van der Waals surface area contributed by atoms with Crippen molar-refractivity contribution in [1.82, 2.24) is 0 Å². The Hall–Kier alpha value is -1.45. The second-order valence-electron chi connectivity index (χ2n) is 9.51. The van der Waals surface area contributed by atoms with Gasteiger partial charge < -0.3 is 14.0 Å². The van der Waals surface area contributed by atoms with Crippen molar-refractivity contribution in [2.24, 2.45) is 0 Å². The van der Waals surface area contributed by atoms with Gasteiger partial charge in [0.1, 0.15) is 10.1 Å². The molecule has 0 aliphatic carbocycles. The zero-order valence-corrected chi connectivity index (χ0v) is 26.6. The molecule has 0 radical (unpaired) electrons. The van der Waals surface area contributed by atoms with Crippen LogP contribution >= 0.6 is 0 Å². The maximum absolute atomic E-state index is 12.8. The molecule has 0 aromatic heterocycles. The molecule has 0 spiro atoms. The van der Waals surface area contributed by atoms with Crippen LogP contribution in [-0.4, -0.2) is 38.1 Å². The van der Waals surface area contributed by atoms with E-state index >= 15 is 0 Å². The predicted octanol–water partition coefficient (Wildman–Crippen LogP) is 4.52. The smallest absolute Gasteiger partial charge is 0.744 e. The zero-order chi connectivity index (χ0) is 28.1. The van der Waals surface area contributed by atoms with Gasteiger partial charge in [-0.25, -0.2) is 18.0 Å². The second-order valence-corrected chi connectivity index (χ2v) is 10.9. The summed E-state index contributed by atoms with van der Waals surface area (Å²) >= 11 is 0. The van der Waals surface area contributed by atoms with Gasteiger partial charge >= 0.3 is 41.5 Å². The first kappa shape index (κ1) is 37.6. The normalized spacial score (nSPS) is 10.9. The topological polar surface area (TPSA) is 110 Å². The van der Waals surface area contributed by atoms with Gasteiger partial charge in [-0.15, -0.1) is 13.2 Å². The maximum atomic E-state index is 12.8. The molecule has 0 aliphatic heterocycles. The van der Waals surface area contributed by atoms with Gasteiger partial charge in [0.25, 0.3) is 0 Å². The number of allylic oxidation sites excluding steroid dienone is 2. The van der Waals surface area contributed by atoms with Crippen molar-refractivity contribution in [2.75, 3.05) is 13.2 Å². The molecule has 1 aromatic carbocycles. The predicted molar refractivity (Wildman–Crippen MR) is 149 cm³/mol. The number of hydrogen-bond acceptors (Lipinski definition) is 7. The van der Waals surface area contributed by atoms with Crippen LogP contribution in [0, 0.1) is 0 Å². The average molecular weight is 573 g/mol. The summed E-state index contributed by atoms with van der Waals surface area (Å²) in [6.45, 7) is 7.65. The first-order chi connectivity index (χ1) is 18.3. The van der Waals surface area contributed by atoms with Gasteiger partial charge in [-0.05, 0) is 50.7 Å². The molecule has 1 aromatic rings. The van der Waals surface area contributed by atoms with E-state index in [0.717, 1.165) is 89.5 Å². The van der Waals surface area contributed by atoms with E-state index in [-0.39, 0.29) is 48.3 Å². The van der Waals surface area contributed by atoms with E-state index in [2.05, 4.69) is 13.2 Å². The molecule has 0 heterocycles. The van der Waals surface area contributed by atoms with Crippen molar-refractivity contribution in [3.05, 3.63) is 54.6 Å². The van der Waals surface area contributed by atoms with Gasteiger partial charge in [0.15, 0.2) is 0 Å². The van der Waals surface area contributed by atoms with Crippen LogP contribution in [0.4, 0.5) is 0 Å². The molecule has 0 saturated heterocycles. The monoisotopic (exact) mass is 572 g/mol. The number of benzene rings is 1. The van der Waals surface area contributed by atoms with Crippen molar-refractivity contribution in [1.29, 1.82) is 0 Å². The molecular formula is C30H45NaO7S. The van der Waals surface area contributed by atoms with Crippen LogP contribution in [0.3, 0.4) is 0 Å². The van der Waals surface area contributed by atoms with Gasteiger partial charge in [-0.3, -0.25) is 0 Å². The van der Waals surface area contributed by atoms with Crippen LogP contribution in [0.1, 0.15) is 123 Å². The minimum Gasteiger partial charge on any atom is -0.744 e. The van der Waals surface area contributed by atoms with Crippen molar-refractivity contribution in [3.8, 4) is 0 Å². The van der Waals surface area contributed by atoms with E-state index < -0.39 is 32.5 Å². The molecule has 1 rings (SSSR count). The molecular weight excluding hydrogens is 527 g/mol. The van der Waals surface area contributed by atoms with E-state index in [0.29, 0.717) is 12.8 Å². The van der Waals surface area contributed by atoms with Gasteiger partial charge in [-0.1, -0.05) is 82.4 Å². The summed E-state index contributed by atoms with van der Waals surface area (Å²) in [4.78, 5) is 24.7. The van der Waals surface area contributed by atoms with E-state index in [1.54, 1.807) is 0 Å². The Labute approximate surface area is 257 Å². The largest absolute Gasteiger partial charge is 1.00 e. The van der Waals surface area contributed by atoms with E-state index in [1.165, 1.54) is 18.6 Å². The summed E-state index contributed by atoms with van der Waals surface area (Å²) in [6, 6.07) is 3.54. The number of unbranched alkanes of at least 4 members (excludes halogenated alkanes) is 14. The molecule has 39 heavy (non-hydrogen) atoms. The Kier molecular flexibility index (Phi) is 22.4. The maximum Gasteiger partial charge on any atom is 1.00 e. The van der Waals surface area contributed by atoms with Gasteiger partial charge in [0.2, 0.25) is 0 Å². The van der Waals surface area contributed by atoms with Crippen molar-refractivity contribution < 1.29 is 61.6 Å². The number of hydrogen-bond donors (Lipinski definition) is 0. The molecule has 0 amide bonds. The van der Waals surface area contributed by atoms with Crippen LogP contribution < -0.4 is 29.6 Å². The van der Waals surface area contributed by atoms with Gasteiger partial charge in [0, 0.05) is 0 Å². The third-order valence-electron chi connectivity index (χ3n) is 6.29. The Morgan fingerprint density at radius 2 is 1.10 bits per heavy atom. The minimum absolute atomic E-state index is 0. The first-order valence-corrected chi connectivity index (χ1v) is 15.4. The van der Waals surface area contributed by atoms with Gasteiger partial charge in [-0.2, -0.15) is 0 Å². The number of esters is 2. The van der Waals surface area contributed by atoms with Crippen LogP contribution in [0.5, 0.6) is 0 Å². The quantitative estimate of drug-likeness (QED) is 0.0623.